The monoisotopic (exact) mass is 248 g/mol. The van der Waals surface area contributed by atoms with Gasteiger partial charge in [0.25, 0.3) is 0 Å². The zero-order valence-corrected chi connectivity index (χ0v) is 10.0. The molecule has 1 atom stereocenters. The normalized spacial score (nSPS) is 19.9. The van der Waals surface area contributed by atoms with E-state index in [1.54, 1.807) is 29.2 Å². The van der Waals surface area contributed by atoms with Gasteiger partial charge in [-0.3, -0.25) is 14.5 Å². The summed E-state index contributed by atoms with van der Waals surface area (Å²) >= 11 is 0. The van der Waals surface area contributed by atoms with Crippen LogP contribution in [0, 0.1) is 0 Å². The molecule has 96 valence electrons. The van der Waals surface area contributed by atoms with Gasteiger partial charge in [-0.2, -0.15) is 0 Å². The highest BCUT2D eigenvalue weighted by molar-refractivity contribution is 5.98. The number of carbonyl (C=O) groups is 2. The smallest absolute Gasteiger partial charge is 0.320 e. The van der Waals surface area contributed by atoms with E-state index in [2.05, 4.69) is 0 Å². The summed E-state index contributed by atoms with van der Waals surface area (Å²) < 4.78 is 0. The Morgan fingerprint density at radius 2 is 2.22 bits per heavy atom. The standard InChI is InChI=1S/C13H16N2O3/c14-10-4-1-3-9(7-10)12(16)8-15-6-2-5-11(15)13(17)18/h1,3-4,7,11H,2,5-6,8,14H2,(H,17,18). The molecule has 0 radical (unpaired) electrons. The van der Waals surface area contributed by atoms with E-state index in [0.29, 0.717) is 24.2 Å². The third-order valence-electron chi connectivity index (χ3n) is 3.20. The summed E-state index contributed by atoms with van der Waals surface area (Å²) in [6.07, 6.45) is 1.43. The molecule has 0 spiro atoms. The second-order valence-corrected chi connectivity index (χ2v) is 4.52. The van der Waals surface area contributed by atoms with Crippen molar-refractivity contribution >= 4 is 17.4 Å². The lowest BCUT2D eigenvalue weighted by Crippen LogP contribution is -2.39. The number of aliphatic carboxylic acids is 1. The number of Topliss-reactive ketones (excluding diaryl/α,β-unsaturated/α-hetero) is 1. The third-order valence-corrected chi connectivity index (χ3v) is 3.20. The molecule has 0 bridgehead atoms. The molecule has 1 fully saturated rings. The third kappa shape index (κ3) is 2.68. The molecular formula is C13H16N2O3. The molecule has 5 nitrogen and oxygen atoms in total. The lowest BCUT2D eigenvalue weighted by Gasteiger charge is -2.19. The molecule has 1 aromatic rings. The number of nitrogens with two attached hydrogens (primary N) is 1. The lowest BCUT2D eigenvalue weighted by atomic mass is 10.1. The average molecular weight is 248 g/mol. The van der Waals surface area contributed by atoms with Crippen molar-refractivity contribution in [2.75, 3.05) is 18.8 Å². The number of nitrogens with zero attached hydrogens (tertiary/aromatic N) is 1. The van der Waals surface area contributed by atoms with E-state index in [1.165, 1.54) is 0 Å². The number of carboxylic acids is 1. The highest BCUT2D eigenvalue weighted by Gasteiger charge is 2.31. The van der Waals surface area contributed by atoms with Crippen molar-refractivity contribution in [1.29, 1.82) is 0 Å². The van der Waals surface area contributed by atoms with E-state index in [0.717, 1.165) is 6.42 Å². The highest BCUT2D eigenvalue weighted by Crippen LogP contribution is 2.18. The van der Waals surface area contributed by atoms with Crippen molar-refractivity contribution in [1.82, 2.24) is 4.90 Å². The van der Waals surface area contributed by atoms with Crippen molar-refractivity contribution < 1.29 is 14.7 Å². The Balaban J connectivity index is 2.05. The van der Waals surface area contributed by atoms with Gasteiger partial charge < -0.3 is 10.8 Å². The molecule has 0 saturated carbocycles. The fourth-order valence-electron chi connectivity index (χ4n) is 2.28. The van der Waals surface area contributed by atoms with Gasteiger partial charge in [-0.15, -0.1) is 0 Å². The number of carbonyl (C=O) groups excluding carboxylic acids is 1. The fraction of sp³-hybridized carbons (Fsp3) is 0.385. The van der Waals surface area contributed by atoms with Gasteiger partial charge in [-0.05, 0) is 31.5 Å². The van der Waals surface area contributed by atoms with Crippen LogP contribution in [-0.2, 0) is 4.79 Å². The molecule has 1 saturated heterocycles. The molecule has 0 aliphatic carbocycles. The van der Waals surface area contributed by atoms with E-state index in [4.69, 9.17) is 10.8 Å². The SMILES string of the molecule is Nc1cccc(C(=O)CN2CCCC2C(=O)O)c1. The number of hydrogen-bond acceptors (Lipinski definition) is 4. The molecule has 1 heterocycles. The Morgan fingerprint density at radius 3 is 2.89 bits per heavy atom. The fourth-order valence-corrected chi connectivity index (χ4v) is 2.28. The van der Waals surface area contributed by atoms with Crippen LogP contribution < -0.4 is 5.73 Å². The number of ketones is 1. The first-order valence-electron chi connectivity index (χ1n) is 5.93. The molecule has 1 aliphatic rings. The molecule has 5 heteroatoms. The average Bonchev–Trinajstić information content (AvgIpc) is 2.77. The Morgan fingerprint density at radius 1 is 1.44 bits per heavy atom. The Hall–Kier alpha value is -1.88. The summed E-state index contributed by atoms with van der Waals surface area (Å²) in [5.41, 5.74) is 6.69. The van der Waals surface area contributed by atoms with Crippen LogP contribution in [0.25, 0.3) is 0 Å². The van der Waals surface area contributed by atoms with Gasteiger partial charge in [-0.1, -0.05) is 12.1 Å². The largest absolute Gasteiger partial charge is 0.480 e. The highest BCUT2D eigenvalue weighted by atomic mass is 16.4. The molecule has 3 N–H and O–H groups in total. The van der Waals surface area contributed by atoms with Crippen LogP contribution in [0.15, 0.2) is 24.3 Å². The van der Waals surface area contributed by atoms with E-state index in [1.807, 2.05) is 0 Å². The van der Waals surface area contributed by atoms with Gasteiger partial charge in [0.1, 0.15) is 6.04 Å². The van der Waals surface area contributed by atoms with Crippen LogP contribution in [0.4, 0.5) is 5.69 Å². The second kappa shape index (κ2) is 5.18. The predicted octanol–water partition coefficient (Wildman–Crippen LogP) is 1.00. The quantitative estimate of drug-likeness (QED) is 0.613. The zero-order chi connectivity index (χ0) is 13.1. The van der Waals surface area contributed by atoms with Gasteiger partial charge in [0.2, 0.25) is 0 Å². The number of carboxylic acid groups (broad SMARTS) is 1. The maximum Gasteiger partial charge on any atom is 0.320 e. The molecule has 0 amide bonds. The first-order chi connectivity index (χ1) is 8.58. The Bertz CT molecular complexity index is 473. The molecule has 1 unspecified atom stereocenters. The zero-order valence-electron chi connectivity index (χ0n) is 10.0. The van der Waals surface area contributed by atoms with E-state index in [-0.39, 0.29) is 12.3 Å². The Kier molecular flexibility index (Phi) is 3.62. The maximum absolute atomic E-state index is 12.0. The number of benzene rings is 1. The minimum atomic E-state index is -0.854. The number of anilines is 1. The first kappa shape index (κ1) is 12.6. The van der Waals surface area contributed by atoms with Gasteiger partial charge in [-0.25, -0.2) is 0 Å². The van der Waals surface area contributed by atoms with Crippen LogP contribution >= 0.6 is 0 Å². The summed E-state index contributed by atoms with van der Waals surface area (Å²) in [6.45, 7) is 0.797. The van der Waals surface area contributed by atoms with Gasteiger partial charge in [0.05, 0.1) is 6.54 Å². The van der Waals surface area contributed by atoms with Crippen LogP contribution in [0.3, 0.4) is 0 Å². The van der Waals surface area contributed by atoms with E-state index in [9.17, 15) is 9.59 Å². The molecule has 1 aromatic carbocycles. The molecule has 18 heavy (non-hydrogen) atoms. The summed E-state index contributed by atoms with van der Waals surface area (Å²) in [4.78, 5) is 24.8. The molecule has 1 aliphatic heterocycles. The number of nitrogen functional groups attached to an aromatic ring is 1. The lowest BCUT2D eigenvalue weighted by molar-refractivity contribution is -0.141. The van der Waals surface area contributed by atoms with Crippen LogP contribution in [0.1, 0.15) is 23.2 Å². The van der Waals surface area contributed by atoms with Crippen molar-refractivity contribution in [3.05, 3.63) is 29.8 Å². The molecule has 0 aromatic heterocycles. The van der Waals surface area contributed by atoms with Crippen molar-refractivity contribution in [2.45, 2.75) is 18.9 Å². The predicted molar refractivity (Wildman–Crippen MR) is 67.4 cm³/mol. The minimum absolute atomic E-state index is 0.0875. The van der Waals surface area contributed by atoms with Crippen molar-refractivity contribution in [3.63, 3.8) is 0 Å². The topological polar surface area (TPSA) is 83.6 Å². The molecular weight excluding hydrogens is 232 g/mol. The van der Waals surface area contributed by atoms with Crippen LogP contribution in [0.2, 0.25) is 0 Å². The number of rotatable bonds is 4. The minimum Gasteiger partial charge on any atom is -0.480 e. The molecule has 2 rings (SSSR count). The summed E-state index contributed by atoms with van der Waals surface area (Å²) in [5.74, 6) is -0.941. The van der Waals surface area contributed by atoms with Gasteiger partial charge in [0, 0.05) is 11.3 Å². The summed E-state index contributed by atoms with van der Waals surface area (Å²) in [6, 6.07) is 6.22. The van der Waals surface area contributed by atoms with Crippen LogP contribution in [-0.4, -0.2) is 40.9 Å². The number of likely N-dealkylation sites (tertiary alicyclic amines) is 1. The Labute approximate surface area is 105 Å². The van der Waals surface area contributed by atoms with Crippen molar-refractivity contribution in [3.8, 4) is 0 Å². The van der Waals surface area contributed by atoms with Crippen LogP contribution in [0.5, 0.6) is 0 Å². The maximum atomic E-state index is 12.0. The van der Waals surface area contributed by atoms with E-state index >= 15 is 0 Å². The van der Waals surface area contributed by atoms with E-state index < -0.39 is 12.0 Å². The first-order valence-corrected chi connectivity index (χ1v) is 5.93. The number of hydrogen-bond donors (Lipinski definition) is 2. The summed E-state index contributed by atoms with van der Waals surface area (Å²) in [5, 5.41) is 9.04. The summed E-state index contributed by atoms with van der Waals surface area (Å²) in [7, 11) is 0. The second-order valence-electron chi connectivity index (χ2n) is 4.52. The van der Waals surface area contributed by atoms with Gasteiger partial charge >= 0.3 is 5.97 Å². The van der Waals surface area contributed by atoms with Crippen molar-refractivity contribution in [2.24, 2.45) is 0 Å². The van der Waals surface area contributed by atoms with Gasteiger partial charge in [0.15, 0.2) is 5.78 Å².